The second-order valence-corrected chi connectivity index (χ2v) is 2.54. The van der Waals surface area contributed by atoms with E-state index in [1.807, 2.05) is 30.3 Å². The number of rotatable bonds is 1. The number of nitrogens with two attached hydrogens (primary N) is 1. The van der Waals surface area contributed by atoms with Gasteiger partial charge in [-0.25, -0.2) is 0 Å². The zero-order valence-electron chi connectivity index (χ0n) is 6.13. The summed E-state index contributed by atoms with van der Waals surface area (Å²) in [6, 6.07) is 9.49. The number of benzene rings is 1. The van der Waals surface area contributed by atoms with E-state index in [1.165, 1.54) is 0 Å². The van der Waals surface area contributed by atoms with Crippen LogP contribution in [0.25, 0.3) is 0 Å². The van der Waals surface area contributed by atoms with Crippen LogP contribution in [0.5, 0.6) is 0 Å². The van der Waals surface area contributed by atoms with Crippen molar-refractivity contribution in [1.82, 2.24) is 0 Å². The molecule has 11 heavy (non-hydrogen) atoms. The normalized spacial score (nSPS) is 8.18. The maximum Gasteiger partial charge on any atom is 0.0359 e. The standard InChI is InChI=1S/C6H7N.C2H4Cl2/c7-6-4-2-1-3-5-6;3-1-2-4/h1-5H,7H2;1-2H2. The van der Waals surface area contributed by atoms with Gasteiger partial charge in [-0.2, -0.15) is 0 Å². The molecule has 62 valence electrons. The van der Waals surface area contributed by atoms with E-state index in [2.05, 4.69) is 0 Å². The molecule has 0 atom stereocenters. The van der Waals surface area contributed by atoms with Crippen LogP contribution in [-0.2, 0) is 0 Å². The molecular formula is C8H11Cl2N. The highest BCUT2D eigenvalue weighted by Gasteiger charge is 1.72. The van der Waals surface area contributed by atoms with Crippen LogP contribution in [0.15, 0.2) is 30.3 Å². The molecule has 0 saturated heterocycles. The Morgan fingerprint density at radius 3 is 1.64 bits per heavy atom. The molecule has 2 N–H and O–H groups in total. The molecule has 0 aromatic heterocycles. The Morgan fingerprint density at radius 2 is 1.45 bits per heavy atom. The monoisotopic (exact) mass is 191 g/mol. The minimum Gasteiger partial charge on any atom is -0.399 e. The minimum absolute atomic E-state index is 0.557. The van der Waals surface area contributed by atoms with Crippen LogP contribution >= 0.6 is 23.2 Å². The molecule has 0 unspecified atom stereocenters. The third-order valence-electron chi connectivity index (χ3n) is 0.871. The van der Waals surface area contributed by atoms with Crippen molar-refractivity contribution in [2.75, 3.05) is 17.5 Å². The molecule has 0 fully saturated rings. The summed E-state index contributed by atoms with van der Waals surface area (Å²) in [6.45, 7) is 0. The van der Waals surface area contributed by atoms with Gasteiger partial charge in [-0.3, -0.25) is 0 Å². The average Bonchev–Trinajstić information content (AvgIpc) is 2.07. The van der Waals surface area contributed by atoms with Gasteiger partial charge in [0, 0.05) is 17.4 Å². The SMILES string of the molecule is ClCCCl.Nc1ccccc1. The molecule has 0 aliphatic rings. The lowest BCUT2D eigenvalue weighted by Crippen LogP contribution is -1.79. The first-order valence-electron chi connectivity index (χ1n) is 3.23. The van der Waals surface area contributed by atoms with Crippen molar-refractivity contribution in [3.05, 3.63) is 30.3 Å². The number of para-hydroxylation sites is 1. The van der Waals surface area contributed by atoms with E-state index in [1.54, 1.807) is 0 Å². The maximum atomic E-state index is 5.36. The van der Waals surface area contributed by atoms with Crippen molar-refractivity contribution >= 4 is 28.9 Å². The summed E-state index contributed by atoms with van der Waals surface area (Å²) in [7, 11) is 0. The fourth-order valence-electron chi connectivity index (χ4n) is 0.453. The predicted octanol–water partition coefficient (Wildman–Crippen LogP) is 2.73. The molecule has 0 bridgehead atoms. The molecule has 0 spiro atoms. The largest absolute Gasteiger partial charge is 0.399 e. The van der Waals surface area contributed by atoms with E-state index < -0.39 is 0 Å². The van der Waals surface area contributed by atoms with Gasteiger partial charge in [-0.1, -0.05) is 18.2 Å². The van der Waals surface area contributed by atoms with E-state index >= 15 is 0 Å². The van der Waals surface area contributed by atoms with Gasteiger partial charge in [0.25, 0.3) is 0 Å². The van der Waals surface area contributed by atoms with Crippen LogP contribution in [-0.4, -0.2) is 11.8 Å². The Hall–Kier alpha value is -0.400. The van der Waals surface area contributed by atoms with Crippen molar-refractivity contribution in [2.24, 2.45) is 0 Å². The Labute approximate surface area is 77.1 Å². The summed E-state index contributed by atoms with van der Waals surface area (Å²) >= 11 is 10.1. The summed E-state index contributed by atoms with van der Waals surface area (Å²) in [5, 5.41) is 0. The topological polar surface area (TPSA) is 26.0 Å². The lowest BCUT2D eigenvalue weighted by atomic mass is 10.3. The molecule has 3 heteroatoms. The first kappa shape index (κ1) is 10.6. The molecule has 0 radical (unpaired) electrons. The third-order valence-corrected chi connectivity index (χ3v) is 1.44. The Balaban J connectivity index is 0.000000218. The van der Waals surface area contributed by atoms with Gasteiger partial charge in [0.15, 0.2) is 0 Å². The van der Waals surface area contributed by atoms with Crippen molar-refractivity contribution in [3.63, 3.8) is 0 Å². The molecule has 1 nitrogen and oxygen atoms in total. The summed E-state index contributed by atoms with van der Waals surface area (Å²) in [4.78, 5) is 0. The third kappa shape index (κ3) is 7.50. The fraction of sp³-hybridized carbons (Fsp3) is 0.250. The minimum atomic E-state index is 0.557. The van der Waals surface area contributed by atoms with Gasteiger partial charge in [-0.05, 0) is 12.1 Å². The molecule has 0 amide bonds. The van der Waals surface area contributed by atoms with Gasteiger partial charge >= 0.3 is 0 Å². The van der Waals surface area contributed by atoms with Crippen LogP contribution in [0, 0.1) is 0 Å². The van der Waals surface area contributed by atoms with E-state index in [4.69, 9.17) is 28.9 Å². The first-order chi connectivity index (χ1) is 5.31. The summed E-state index contributed by atoms with van der Waals surface area (Å²) in [5.41, 5.74) is 6.18. The van der Waals surface area contributed by atoms with Crippen LogP contribution in [0.2, 0.25) is 0 Å². The number of halogens is 2. The van der Waals surface area contributed by atoms with E-state index in [-0.39, 0.29) is 0 Å². The van der Waals surface area contributed by atoms with Crippen LogP contribution in [0.4, 0.5) is 5.69 Å². The molecule has 1 aromatic rings. The molecule has 1 aromatic carbocycles. The van der Waals surface area contributed by atoms with Gasteiger partial charge in [-0.15, -0.1) is 23.2 Å². The Kier molecular flexibility index (Phi) is 7.42. The van der Waals surface area contributed by atoms with Gasteiger partial charge in [0.2, 0.25) is 0 Å². The number of alkyl halides is 2. The van der Waals surface area contributed by atoms with Gasteiger partial charge in [0.1, 0.15) is 0 Å². The number of nitrogen functional groups attached to an aromatic ring is 1. The second-order valence-electron chi connectivity index (χ2n) is 1.79. The number of anilines is 1. The maximum absolute atomic E-state index is 5.36. The Morgan fingerprint density at radius 1 is 1.00 bits per heavy atom. The molecule has 1 rings (SSSR count). The Bertz CT molecular complexity index is 163. The lowest BCUT2D eigenvalue weighted by molar-refractivity contribution is 1.52. The molecule has 0 aliphatic carbocycles. The van der Waals surface area contributed by atoms with Gasteiger partial charge < -0.3 is 5.73 Å². The van der Waals surface area contributed by atoms with E-state index in [0.29, 0.717) is 11.8 Å². The lowest BCUT2D eigenvalue weighted by Gasteiger charge is -1.83. The summed E-state index contributed by atoms with van der Waals surface area (Å²) in [6.07, 6.45) is 0. The first-order valence-corrected chi connectivity index (χ1v) is 4.30. The van der Waals surface area contributed by atoms with E-state index in [9.17, 15) is 0 Å². The van der Waals surface area contributed by atoms with Crippen molar-refractivity contribution < 1.29 is 0 Å². The van der Waals surface area contributed by atoms with Crippen LogP contribution < -0.4 is 5.73 Å². The van der Waals surface area contributed by atoms with Crippen molar-refractivity contribution in [1.29, 1.82) is 0 Å². The van der Waals surface area contributed by atoms with Crippen LogP contribution in [0.1, 0.15) is 0 Å². The van der Waals surface area contributed by atoms with Crippen LogP contribution in [0.3, 0.4) is 0 Å². The molecule has 0 aliphatic heterocycles. The zero-order chi connectivity index (χ0) is 8.53. The molecule has 0 heterocycles. The predicted molar refractivity (Wildman–Crippen MR) is 52.3 cm³/mol. The van der Waals surface area contributed by atoms with Crippen molar-refractivity contribution in [3.8, 4) is 0 Å². The highest BCUT2D eigenvalue weighted by atomic mass is 35.5. The fourth-order valence-corrected chi connectivity index (χ4v) is 0.453. The number of hydrogen-bond donors (Lipinski definition) is 1. The highest BCUT2D eigenvalue weighted by molar-refractivity contribution is 6.25. The molecule has 0 saturated carbocycles. The van der Waals surface area contributed by atoms with Gasteiger partial charge in [0.05, 0.1) is 0 Å². The number of hydrogen-bond acceptors (Lipinski definition) is 1. The summed E-state index contributed by atoms with van der Waals surface area (Å²) < 4.78 is 0. The zero-order valence-corrected chi connectivity index (χ0v) is 7.65. The average molecular weight is 192 g/mol. The second kappa shape index (κ2) is 7.70. The quantitative estimate of drug-likeness (QED) is 0.537. The highest BCUT2D eigenvalue weighted by Crippen LogP contribution is 1.95. The summed E-state index contributed by atoms with van der Waals surface area (Å²) in [5.74, 6) is 1.11. The molecular weight excluding hydrogens is 181 g/mol. The van der Waals surface area contributed by atoms with Crippen molar-refractivity contribution in [2.45, 2.75) is 0 Å². The van der Waals surface area contributed by atoms with E-state index in [0.717, 1.165) is 5.69 Å². The smallest absolute Gasteiger partial charge is 0.0359 e.